The van der Waals surface area contributed by atoms with E-state index < -0.39 is 0 Å². The number of terminal acetylenes is 1. The fraction of sp³-hybridized carbons (Fsp3) is 0.846. The van der Waals surface area contributed by atoms with E-state index in [2.05, 4.69) is 36.9 Å². The highest BCUT2D eigenvalue weighted by molar-refractivity contribution is 4.88. The van der Waals surface area contributed by atoms with Gasteiger partial charge in [-0.25, -0.2) is 0 Å². The van der Waals surface area contributed by atoms with Crippen molar-refractivity contribution >= 4 is 0 Å². The van der Waals surface area contributed by atoms with E-state index in [9.17, 15) is 0 Å². The van der Waals surface area contributed by atoms with Crippen molar-refractivity contribution in [3.8, 4) is 12.3 Å². The molecule has 1 saturated heterocycles. The molecule has 1 fully saturated rings. The van der Waals surface area contributed by atoms with Gasteiger partial charge in [0.1, 0.15) is 0 Å². The van der Waals surface area contributed by atoms with Gasteiger partial charge in [0.05, 0.1) is 6.54 Å². The summed E-state index contributed by atoms with van der Waals surface area (Å²) in [5, 5.41) is 3.29. The lowest BCUT2D eigenvalue weighted by Crippen LogP contribution is -2.49. The van der Waals surface area contributed by atoms with E-state index in [0.717, 1.165) is 18.5 Å². The van der Waals surface area contributed by atoms with Crippen LogP contribution in [0.4, 0.5) is 0 Å². The second kappa shape index (κ2) is 6.15. The molecule has 0 amide bonds. The summed E-state index contributed by atoms with van der Waals surface area (Å²) in [7, 11) is 0. The summed E-state index contributed by atoms with van der Waals surface area (Å²) in [6, 6.07) is 1.32. The predicted molar refractivity (Wildman–Crippen MR) is 65.7 cm³/mol. The van der Waals surface area contributed by atoms with Crippen molar-refractivity contribution < 1.29 is 0 Å². The molecule has 3 atom stereocenters. The molecular weight excluding hydrogens is 184 g/mol. The first-order valence-corrected chi connectivity index (χ1v) is 6.05. The van der Waals surface area contributed by atoms with Crippen LogP contribution in [0.25, 0.3) is 0 Å². The maximum absolute atomic E-state index is 5.21. The summed E-state index contributed by atoms with van der Waals surface area (Å²) < 4.78 is 0. The largest absolute Gasteiger partial charge is 0.305 e. The van der Waals surface area contributed by atoms with Gasteiger partial charge < -0.3 is 5.32 Å². The minimum absolute atomic E-state index is 0.598. The molecule has 2 heteroatoms. The Kier molecular flexibility index (Phi) is 5.14. The summed E-state index contributed by atoms with van der Waals surface area (Å²) >= 11 is 0. The van der Waals surface area contributed by atoms with Gasteiger partial charge >= 0.3 is 0 Å². The average molecular weight is 208 g/mol. The normalized spacial score (nSPS) is 29.7. The molecule has 1 aliphatic rings. The molecule has 0 spiro atoms. The smallest absolute Gasteiger partial charge is 0.0574 e. The van der Waals surface area contributed by atoms with Crippen molar-refractivity contribution in [3.63, 3.8) is 0 Å². The molecule has 1 rings (SSSR count). The van der Waals surface area contributed by atoms with E-state index in [0.29, 0.717) is 12.6 Å². The highest BCUT2D eigenvalue weighted by Crippen LogP contribution is 2.23. The number of hydrogen-bond donors (Lipinski definition) is 1. The van der Waals surface area contributed by atoms with Crippen LogP contribution in [0, 0.1) is 18.3 Å². The van der Waals surface area contributed by atoms with Crippen LogP contribution < -0.4 is 5.32 Å². The van der Waals surface area contributed by atoms with Crippen LogP contribution in [0.5, 0.6) is 0 Å². The Balaban J connectivity index is 2.32. The van der Waals surface area contributed by atoms with Crippen molar-refractivity contribution in [3.05, 3.63) is 0 Å². The van der Waals surface area contributed by atoms with Crippen molar-refractivity contribution in [2.75, 3.05) is 19.6 Å². The van der Waals surface area contributed by atoms with E-state index in [1.807, 2.05) is 0 Å². The molecule has 15 heavy (non-hydrogen) atoms. The van der Waals surface area contributed by atoms with E-state index in [-0.39, 0.29) is 0 Å². The second-order valence-electron chi connectivity index (χ2n) is 4.90. The monoisotopic (exact) mass is 208 g/mol. The molecule has 2 nitrogen and oxygen atoms in total. The number of nitrogens with one attached hydrogen (secondary N) is 1. The molecule has 0 aliphatic carbocycles. The third-order valence-electron chi connectivity index (χ3n) is 3.42. The summed E-state index contributed by atoms with van der Waals surface area (Å²) in [5.41, 5.74) is 0. The standard InChI is InChI=1S/C13H24N2/c1-5-7-14-10-13(4)15-8-6-11(2)9-12(15)3/h1,11-14H,6-10H2,2-4H3. The summed E-state index contributed by atoms with van der Waals surface area (Å²) in [6.07, 6.45) is 7.88. The second-order valence-corrected chi connectivity index (χ2v) is 4.90. The number of hydrogen-bond acceptors (Lipinski definition) is 2. The van der Waals surface area contributed by atoms with Gasteiger partial charge in [0, 0.05) is 18.6 Å². The Morgan fingerprint density at radius 3 is 2.87 bits per heavy atom. The number of nitrogens with zero attached hydrogens (tertiary/aromatic N) is 1. The maximum atomic E-state index is 5.21. The van der Waals surface area contributed by atoms with Crippen LogP contribution >= 0.6 is 0 Å². The van der Waals surface area contributed by atoms with Crippen molar-refractivity contribution in [2.45, 2.75) is 45.7 Å². The highest BCUT2D eigenvalue weighted by Gasteiger charge is 2.25. The Labute approximate surface area is 94.4 Å². The van der Waals surface area contributed by atoms with Gasteiger partial charge in [0.25, 0.3) is 0 Å². The first kappa shape index (κ1) is 12.5. The quantitative estimate of drug-likeness (QED) is 0.559. The van der Waals surface area contributed by atoms with Crippen LogP contribution in [0.3, 0.4) is 0 Å². The molecule has 0 aromatic carbocycles. The van der Waals surface area contributed by atoms with Crippen molar-refractivity contribution in [2.24, 2.45) is 5.92 Å². The topological polar surface area (TPSA) is 15.3 Å². The lowest BCUT2D eigenvalue weighted by molar-refractivity contribution is 0.0895. The van der Waals surface area contributed by atoms with E-state index in [1.165, 1.54) is 19.4 Å². The van der Waals surface area contributed by atoms with Gasteiger partial charge in [0.15, 0.2) is 0 Å². The van der Waals surface area contributed by atoms with Crippen LogP contribution in [0.2, 0.25) is 0 Å². The molecule has 3 unspecified atom stereocenters. The number of rotatable bonds is 4. The Bertz CT molecular complexity index is 219. The molecule has 0 radical (unpaired) electrons. The SMILES string of the molecule is C#CCNCC(C)N1CCC(C)CC1C. The maximum Gasteiger partial charge on any atom is 0.0574 e. The number of likely N-dealkylation sites (tertiary alicyclic amines) is 1. The zero-order chi connectivity index (χ0) is 11.3. The minimum atomic E-state index is 0.598. The van der Waals surface area contributed by atoms with Crippen molar-refractivity contribution in [1.29, 1.82) is 0 Å². The third-order valence-corrected chi connectivity index (χ3v) is 3.42. The molecule has 1 aliphatic heterocycles. The van der Waals surface area contributed by atoms with E-state index in [4.69, 9.17) is 6.42 Å². The molecule has 0 bridgehead atoms. The molecular formula is C13H24N2. The van der Waals surface area contributed by atoms with Crippen molar-refractivity contribution in [1.82, 2.24) is 10.2 Å². The van der Waals surface area contributed by atoms with Gasteiger partial charge in [-0.1, -0.05) is 12.8 Å². The summed E-state index contributed by atoms with van der Waals surface area (Å²) in [6.45, 7) is 9.91. The average Bonchev–Trinajstić information content (AvgIpc) is 2.17. The fourth-order valence-corrected chi connectivity index (χ4v) is 2.55. The summed E-state index contributed by atoms with van der Waals surface area (Å²) in [4.78, 5) is 2.60. The van der Waals surface area contributed by atoms with Crippen LogP contribution in [-0.2, 0) is 0 Å². The van der Waals surface area contributed by atoms with Crippen LogP contribution in [0.1, 0.15) is 33.6 Å². The highest BCUT2D eigenvalue weighted by atomic mass is 15.2. The van der Waals surface area contributed by atoms with Gasteiger partial charge in [-0.3, -0.25) is 4.90 Å². The third kappa shape index (κ3) is 3.85. The fourth-order valence-electron chi connectivity index (χ4n) is 2.55. The van der Waals surface area contributed by atoms with E-state index in [1.54, 1.807) is 0 Å². The zero-order valence-electron chi connectivity index (χ0n) is 10.3. The molecule has 86 valence electrons. The Hall–Kier alpha value is -0.520. The van der Waals surface area contributed by atoms with E-state index >= 15 is 0 Å². The van der Waals surface area contributed by atoms with Gasteiger partial charge in [0.2, 0.25) is 0 Å². The molecule has 0 aromatic rings. The lowest BCUT2D eigenvalue weighted by Gasteiger charge is -2.40. The summed E-state index contributed by atoms with van der Waals surface area (Å²) in [5.74, 6) is 3.51. The molecule has 1 heterocycles. The van der Waals surface area contributed by atoms with Crippen LogP contribution in [-0.4, -0.2) is 36.6 Å². The molecule has 0 aromatic heterocycles. The Morgan fingerprint density at radius 2 is 2.27 bits per heavy atom. The number of piperidine rings is 1. The van der Waals surface area contributed by atoms with Crippen LogP contribution in [0.15, 0.2) is 0 Å². The first-order valence-electron chi connectivity index (χ1n) is 6.05. The first-order chi connectivity index (χ1) is 7.15. The lowest BCUT2D eigenvalue weighted by atomic mass is 9.92. The van der Waals surface area contributed by atoms with Gasteiger partial charge in [-0.2, -0.15) is 0 Å². The zero-order valence-corrected chi connectivity index (χ0v) is 10.3. The minimum Gasteiger partial charge on any atom is -0.305 e. The molecule has 1 N–H and O–H groups in total. The van der Waals surface area contributed by atoms with Gasteiger partial charge in [-0.15, -0.1) is 6.42 Å². The predicted octanol–water partition coefficient (Wildman–Crippen LogP) is 1.72. The Morgan fingerprint density at radius 1 is 1.53 bits per heavy atom. The molecule has 0 saturated carbocycles. The van der Waals surface area contributed by atoms with Gasteiger partial charge in [-0.05, 0) is 39.2 Å².